The van der Waals surface area contributed by atoms with Gasteiger partial charge in [-0.25, -0.2) is 0 Å². The summed E-state index contributed by atoms with van der Waals surface area (Å²) in [5.74, 6) is 0.876. The first-order valence-corrected chi connectivity index (χ1v) is 8.32. The number of likely N-dealkylation sites (tertiary alicyclic amines) is 1. The van der Waals surface area contributed by atoms with Crippen molar-refractivity contribution in [2.45, 2.75) is 31.8 Å². The Bertz CT molecular complexity index is 465. The summed E-state index contributed by atoms with van der Waals surface area (Å²) < 4.78 is 0. The lowest BCUT2D eigenvalue weighted by molar-refractivity contribution is -0.122. The van der Waals surface area contributed by atoms with Crippen LogP contribution in [0.1, 0.15) is 24.8 Å². The van der Waals surface area contributed by atoms with E-state index in [0.29, 0.717) is 19.1 Å². The molecule has 3 N–H and O–H groups in total. The minimum atomic E-state index is 0.128. The molecule has 1 aromatic rings. The van der Waals surface area contributed by atoms with E-state index in [4.69, 9.17) is 0 Å². The number of rotatable bonds is 5. The third-order valence-electron chi connectivity index (χ3n) is 4.77. The molecule has 0 aromatic heterocycles. The van der Waals surface area contributed by atoms with Gasteiger partial charge in [0, 0.05) is 19.1 Å². The summed E-state index contributed by atoms with van der Waals surface area (Å²) in [7, 11) is 0. The second-order valence-corrected chi connectivity index (χ2v) is 6.34. The summed E-state index contributed by atoms with van der Waals surface area (Å²) in [6.07, 6.45) is 3.60. The summed E-state index contributed by atoms with van der Waals surface area (Å²) in [6.45, 7) is 4.28. The number of hydrogen-bond donors (Lipinski definition) is 3. The SMILES string of the molecule is O=C(CN1CCC(C2CCNN2)CC1)NCc1ccccc1. The average Bonchev–Trinajstić information content (AvgIpc) is 3.09. The Balaban J connectivity index is 1.36. The number of amides is 1. The van der Waals surface area contributed by atoms with Gasteiger partial charge in [0.15, 0.2) is 0 Å². The van der Waals surface area contributed by atoms with Gasteiger partial charge >= 0.3 is 0 Å². The second-order valence-electron chi connectivity index (χ2n) is 6.34. The maximum Gasteiger partial charge on any atom is 0.234 e. The molecule has 1 amide bonds. The number of nitrogens with zero attached hydrogens (tertiary/aromatic N) is 1. The van der Waals surface area contributed by atoms with Crippen molar-refractivity contribution in [2.75, 3.05) is 26.2 Å². The molecule has 0 bridgehead atoms. The molecule has 2 saturated heterocycles. The highest BCUT2D eigenvalue weighted by Gasteiger charge is 2.28. The fraction of sp³-hybridized carbons (Fsp3) is 0.588. The molecule has 22 heavy (non-hydrogen) atoms. The molecule has 3 rings (SSSR count). The van der Waals surface area contributed by atoms with Crippen molar-refractivity contribution >= 4 is 5.91 Å². The molecule has 0 spiro atoms. The van der Waals surface area contributed by atoms with Gasteiger partial charge in [-0.15, -0.1) is 0 Å². The molecule has 1 atom stereocenters. The van der Waals surface area contributed by atoms with E-state index in [9.17, 15) is 4.79 Å². The Morgan fingerprint density at radius 2 is 1.95 bits per heavy atom. The zero-order valence-corrected chi connectivity index (χ0v) is 13.1. The lowest BCUT2D eigenvalue weighted by Gasteiger charge is -2.34. The van der Waals surface area contributed by atoms with Crippen LogP contribution in [0.5, 0.6) is 0 Å². The van der Waals surface area contributed by atoms with E-state index in [0.717, 1.165) is 31.1 Å². The van der Waals surface area contributed by atoms with E-state index in [1.165, 1.54) is 19.3 Å². The summed E-state index contributed by atoms with van der Waals surface area (Å²) in [4.78, 5) is 14.3. The molecular formula is C17H26N4O. The van der Waals surface area contributed by atoms with Gasteiger partial charge in [-0.05, 0) is 43.8 Å². The first-order valence-electron chi connectivity index (χ1n) is 8.32. The molecule has 5 nitrogen and oxygen atoms in total. The van der Waals surface area contributed by atoms with Gasteiger partial charge in [0.2, 0.25) is 5.91 Å². The zero-order valence-electron chi connectivity index (χ0n) is 13.1. The van der Waals surface area contributed by atoms with E-state index in [2.05, 4.69) is 21.1 Å². The predicted molar refractivity (Wildman–Crippen MR) is 87.0 cm³/mol. The molecule has 5 heteroatoms. The maximum atomic E-state index is 12.0. The summed E-state index contributed by atoms with van der Waals surface area (Å²) in [6, 6.07) is 10.7. The van der Waals surface area contributed by atoms with E-state index >= 15 is 0 Å². The Labute approximate surface area is 132 Å². The molecule has 2 heterocycles. The Kier molecular flexibility index (Phi) is 5.43. The lowest BCUT2D eigenvalue weighted by Crippen LogP contribution is -2.45. The minimum Gasteiger partial charge on any atom is -0.351 e. The van der Waals surface area contributed by atoms with Crippen LogP contribution in [0.4, 0.5) is 0 Å². The van der Waals surface area contributed by atoms with Crippen LogP contribution in [0.2, 0.25) is 0 Å². The topological polar surface area (TPSA) is 56.4 Å². The van der Waals surface area contributed by atoms with Gasteiger partial charge in [0.25, 0.3) is 0 Å². The van der Waals surface area contributed by atoms with Gasteiger partial charge in [-0.3, -0.25) is 20.5 Å². The van der Waals surface area contributed by atoms with Crippen LogP contribution < -0.4 is 16.2 Å². The van der Waals surface area contributed by atoms with Gasteiger partial charge in [-0.2, -0.15) is 0 Å². The zero-order chi connectivity index (χ0) is 15.2. The van der Waals surface area contributed by atoms with E-state index in [-0.39, 0.29) is 5.91 Å². The number of carbonyl (C=O) groups is 1. The largest absolute Gasteiger partial charge is 0.351 e. The van der Waals surface area contributed by atoms with E-state index < -0.39 is 0 Å². The number of carbonyl (C=O) groups excluding carboxylic acids is 1. The van der Waals surface area contributed by atoms with Gasteiger partial charge in [-0.1, -0.05) is 30.3 Å². The Morgan fingerprint density at radius 3 is 2.64 bits per heavy atom. The molecule has 2 fully saturated rings. The predicted octanol–water partition coefficient (Wildman–Crippen LogP) is 0.881. The number of benzene rings is 1. The summed E-state index contributed by atoms with van der Waals surface area (Å²) >= 11 is 0. The quantitative estimate of drug-likeness (QED) is 0.756. The average molecular weight is 302 g/mol. The number of hydrogen-bond acceptors (Lipinski definition) is 4. The second kappa shape index (κ2) is 7.72. The molecule has 0 saturated carbocycles. The lowest BCUT2D eigenvalue weighted by atomic mass is 9.88. The molecule has 2 aliphatic heterocycles. The Hall–Kier alpha value is -1.43. The van der Waals surface area contributed by atoms with Crippen LogP contribution in [0, 0.1) is 5.92 Å². The summed E-state index contributed by atoms with van der Waals surface area (Å²) in [5, 5.41) is 3.01. The van der Waals surface area contributed by atoms with Crippen LogP contribution >= 0.6 is 0 Å². The van der Waals surface area contributed by atoms with Crippen LogP contribution in [0.25, 0.3) is 0 Å². The number of nitrogens with one attached hydrogen (secondary N) is 3. The molecular weight excluding hydrogens is 276 g/mol. The van der Waals surface area contributed by atoms with Crippen LogP contribution in [-0.2, 0) is 11.3 Å². The highest BCUT2D eigenvalue weighted by atomic mass is 16.2. The van der Waals surface area contributed by atoms with Crippen molar-refractivity contribution in [3.05, 3.63) is 35.9 Å². The van der Waals surface area contributed by atoms with Crippen LogP contribution in [0.15, 0.2) is 30.3 Å². The fourth-order valence-corrected chi connectivity index (χ4v) is 3.43. The number of piperidine rings is 1. The molecule has 0 aliphatic carbocycles. The van der Waals surface area contributed by atoms with Gasteiger partial charge in [0.1, 0.15) is 0 Å². The highest BCUT2D eigenvalue weighted by molar-refractivity contribution is 5.78. The van der Waals surface area contributed by atoms with Crippen molar-refractivity contribution < 1.29 is 4.79 Å². The molecule has 2 aliphatic rings. The molecule has 1 aromatic carbocycles. The van der Waals surface area contributed by atoms with Crippen molar-refractivity contribution in [3.63, 3.8) is 0 Å². The smallest absolute Gasteiger partial charge is 0.234 e. The standard InChI is InChI=1S/C17H26N4O/c22-17(18-12-14-4-2-1-3-5-14)13-21-10-7-15(8-11-21)16-6-9-19-20-16/h1-5,15-16,19-20H,6-13H2,(H,18,22). The van der Waals surface area contributed by atoms with Crippen molar-refractivity contribution in [1.29, 1.82) is 0 Å². The number of hydrazine groups is 1. The Morgan fingerprint density at radius 1 is 1.18 bits per heavy atom. The van der Waals surface area contributed by atoms with Crippen LogP contribution in [-0.4, -0.2) is 43.0 Å². The third kappa shape index (κ3) is 4.29. The van der Waals surface area contributed by atoms with Crippen molar-refractivity contribution in [3.8, 4) is 0 Å². The van der Waals surface area contributed by atoms with Gasteiger partial charge < -0.3 is 5.32 Å². The molecule has 1 unspecified atom stereocenters. The minimum absolute atomic E-state index is 0.128. The maximum absolute atomic E-state index is 12.0. The van der Waals surface area contributed by atoms with Crippen LogP contribution in [0.3, 0.4) is 0 Å². The monoisotopic (exact) mass is 302 g/mol. The highest BCUT2D eigenvalue weighted by Crippen LogP contribution is 2.23. The normalized spacial score (nSPS) is 23.5. The van der Waals surface area contributed by atoms with Crippen molar-refractivity contribution in [2.24, 2.45) is 5.92 Å². The van der Waals surface area contributed by atoms with Crippen molar-refractivity contribution in [1.82, 2.24) is 21.1 Å². The first-order chi connectivity index (χ1) is 10.8. The third-order valence-corrected chi connectivity index (χ3v) is 4.77. The van der Waals surface area contributed by atoms with Gasteiger partial charge in [0.05, 0.1) is 6.54 Å². The summed E-state index contributed by atoms with van der Waals surface area (Å²) in [5.41, 5.74) is 7.74. The molecule has 120 valence electrons. The first kappa shape index (κ1) is 15.5. The van der Waals surface area contributed by atoms with E-state index in [1.54, 1.807) is 0 Å². The van der Waals surface area contributed by atoms with E-state index in [1.807, 2.05) is 30.3 Å². The molecule has 0 radical (unpaired) electrons. The fourth-order valence-electron chi connectivity index (χ4n) is 3.43.